The number of nitrogens with one attached hydrogen (secondary N) is 3. The van der Waals surface area contributed by atoms with Gasteiger partial charge in [-0.15, -0.1) is 0 Å². The van der Waals surface area contributed by atoms with Crippen molar-refractivity contribution in [3.8, 4) is 5.75 Å². The minimum atomic E-state index is -0.334. The van der Waals surface area contributed by atoms with Gasteiger partial charge < -0.3 is 30.7 Å². The zero-order valence-electron chi connectivity index (χ0n) is 15.4. The number of methoxy groups -OCH3 is 1. The van der Waals surface area contributed by atoms with E-state index < -0.39 is 0 Å². The molecule has 0 saturated carbocycles. The average Bonchev–Trinajstić information content (AvgIpc) is 2.61. The highest BCUT2D eigenvalue weighted by atomic mass is 16.5. The van der Waals surface area contributed by atoms with Crippen molar-refractivity contribution >= 4 is 23.3 Å². The molecule has 1 aliphatic heterocycles. The molecule has 0 spiro atoms. The van der Waals surface area contributed by atoms with Crippen LogP contribution < -0.4 is 20.7 Å². The van der Waals surface area contributed by atoms with E-state index in [1.807, 2.05) is 0 Å². The molecule has 1 saturated heterocycles. The molecular formula is C18H28N4O4. The lowest BCUT2D eigenvalue weighted by Crippen LogP contribution is -2.42. The van der Waals surface area contributed by atoms with Crippen LogP contribution in [0.15, 0.2) is 18.2 Å². The van der Waals surface area contributed by atoms with Gasteiger partial charge in [0.25, 0.3) is 0 Å². The molecule has 0 aliphatic carbocycles. The maximum atomic E-state index is 12.2. The molecule has 1 heterocycles. The van der Waals surface area contributed by atoms with Gasteiger partial charge in [-0.25, -0.2) is 4.79 Å². The second-order valence-corrected chi connectivity index (χ2v) is 6.47. The Morgan fingerprint density at radius 3 is 2.85 bits per heavy atom. The summed E-state index contributed by atoms with van der Waals surface area (Å²) >= 11 is 0. The summed E-state index contributed by atoms with van der Waals surface area (Å²) < 4.78 is 5.24. The van der Waals surface area contributed by atoms with E-state index in [0.29, 0.717) is 29.6 Å². The highest BCUT2D eigenvalue weighted by Crippen LogP contribution is 2.27. The van der Waals surface area contributed by atoms with Gasteiger partial charge in [-0.1, -0.05) is 0 Å². The molecule has 0 unspecified atom stereocenters. The Morgan fingerprint density at radius 1 is 1.35 bits per heavy atom. The van der Waals surface area contributed by atoms with Crippen LogP contribution in [0.5, 0.6) is 5.75 Å². The monoisotopic (exact) mass is 364 g/mol. The number of amides is 3. The molecule has 0 radical (unpaired) electrons. The molecule has 26 heavy (non-hydrogen) atoms. The van der Waals surface area contributed by atoms with E-state index >= 15 is 0 Å². The number of hydrogen-bond acceptors (Lipinski definition) is 5. The minimum Gasteiger partial charge on any atom is -0.495 e. The molecular weight excluding hydrogens is 336 g/mol. The predicted octanol–water partition coefficient (Wildman–Crippen LogP) is 1.48. The Morgan fingerprint density at radius 2 is 2.15 bits per heavy atom. The third-order valence-corrected chi connectivity index (χ3v) is 4.34. The molecule has 8 nitrogen and oxygen atoms in total. The Hall–Kier alpha value is -2.32. The third-order valence-electron chi connectivity index (χ3n) is 4.34. The number of aliphatic hydroxyl groups excluding tert-OH is 1. The van der Waals surface area contributed by atoms with E-state index in [-0.39, 0.29) is 18.5 Å². The maximum Gasteiger partial charge on any atom is 0.319 e. The lowest BCUT2D eigenvalue weighted by atomic mass is 9.99. The average molecular weight is 364 g/mol. The topological polar surface area (TPSA) is 103 Å². The second-order valence-electron chi connectivity index (χ2n) is 6.47. The Labute approximate surface area is 153 Å². The van der Waals surface area contributed by atoms with Gasteiger partial charge in [0.1, 0.15) is 5.75 Å². The summed E-state index contributed by atoms with van der Waals surface area (Å²) in [6.45, 7) is 4.75. The molecule has 1 aromatic rings. The van der Waals surface area contributed by atoms with E-state index in [0.717, 1.165) is 32.5 Å². The van der Waals surface area contributed by atoms with Gasteiger partial charge in [0.2, 0.25) is 5.91 Å². The Balaban J connectivity index is 1.84. The summed E-state index contributed by atoms with van der Waals surface area (Å²) in [6.07, 6.45) is 2.13. The number of piperidine rings is 1. The van der Waals surface area contributed by atoms with Gasteiger partial charge in [-0.05, 0) is 43.5 Å². The van der Waals surface area contributed by atoms with Crippen molar-refractivity contribution in [2.24, 2.45) is 5.92 Å². The van der Waals surface area contributed by atoms with Crippen LogP contribution in [0.4, 0.5) is 16.2 Å². The molecule has 3 amide bonds. The molecule has 0 bridgehead atoms. The molecule has 0 aromatic heterocycles. The summed E-state index contributed by atoms with van der Waals surface area (Å²) in [4.78, 5) is 25.6. The summed E-state index contributed by atoms with van der Waals surface area (Å²) in [5.74, 6) is 0.655. The van der Waals surface area contributed by atoms with Gasteiger partial charge in [0.05, 0.1) is 12.8 Å². The number of urea groups is 1. The van der Waals surface area contributed by atoms with Gasteiger partial charge in [0.15, 0.2) is 0 Å². The zero-order chi connectivity index (χ0) is 18.9. The van der Waals surface area contributed by atoms with Crippen LogP contribution >= 0.6 is 0 Å². The van der Waals surface area contributed by atoms with Gasteiger partial charge in [-0.3, -0.25) is 4.79 Å². The summed E-state index contributed by atoms with van der Waals surface area (Å²) in [6, 6.07) is 4.70. The number of carbonyl (C=O) groups excluding carboxylic acids is 2. The van der Waals surface area contributed by atoms with Crippen LogP contribution in [-0.2, 0) is 4.79 Å². The quantitative estimate of drug-likeness (QED) is 0.587. The van der Waals surface area contributed by atoms with Crippen molar-refractivity contribution in [2.45, 2.75) is 19.8 Å². The SMILES string of the molecule is COc1ccc(NC(C)=O)cc1NC(=O)NCCN1CCC[C@@H](CO)C1. The number of aliphatic hydroxyl groups is 1. The fraction of sp³-hybridized carbons (Fsp3) is 0.556. The van der Waals surface area contributed by atoms with Crippen molar-refractivity contribution in [3.05, 3.63) is 18.2 Å². The summed E-state index contributed by atoms with van der Waals surface area (Å²) in [5, 5.41) is 17.5. The van der Waals surface area contributed by atoms with Gasteiger partial charge in [0, 0.05) is 38.9 Å². The van der Waals surface area contributed by atoms with E-state index in [4.69, 9.17) is 4.74 Å². The largest absolute Gasteiger partial charge is 0.495 e. The third kappa shape index (κ3) is 6.20. The molecule has 1 fully saturated rings. The van der Waals surface area contributed by atoms with Crippen molar-refractivity contribution < 1.29 is 19.4 Å². The second kappa shape index (κ2) is 9.98. The number of benzene rings is 1. The standard InChI is InChI=1S/C18H28N4O4/c1-13(24)20-15-5-6-17(26-2)16(10-15)21-18(25)19-7-9-22-8-3-4-14(11-22)12-23/h5-6,10,14,23H,3-4,7-9,11-12H2,1-2H3,(H,20,24)(H2,19,21,25)/t14-/m1/s1. The summed E-state index contributed by atoms with van der Waals surface area (Å²) in [5.41, 5.74) is 1.06. The number of nitrogens with zero attached hydrogens (tertiary/aromatic N) is 1. The number of ether oxygens (including phenoxy) is 1. The number of carbonyl (C=O) groups is 2. The van der Waals surface area contributed by atoms with Crippen molar-refractivity contribution in [3.63, 3.8) is 0 Å². The first-order chi connectivity index (χ1) is 12.5. The first kappa shape index (κ1) is 20.0. The summed E-state index contributed by atoms with van der Waals surface area (Å²) in [7, 11) is 1.52. The highest BCUT2D eigenvalue weighted by Gasteiger charge is 2.18. The lowest BCUT2D eigenvalue weighted by molar-refractivity contribution is -0.114. The lowest BCUT2D eigenvalue weighted by Gasteiger charge is -2.31. The molecule has 4 N–H and O–H groups in total. The van der Waals surface area contributed by atoms with Crippen LogP contribution in [0.25, 0.3) is 0 Å². The van der Waals surface area contributed by atoms with Crippen molar-refractivity contribution in [1.29, 1.82) is 0 Å². The molecule has 144 valence electrons. The Bertz CT molecular complexity index is 623. The Kier molecular flexibility index (Phi) is 7.68. The van der Waals surface area contributed by atoms with Crippen LogP contribution in [-0.4, -0.2) is 61.8 Å². The molecule has 1 aliphatic rings. The highest BCUT2D eigenvalue weighted by molar-refractivity contribution is 5.94. The number of likely N-dealkylation sites (tertiary alicyclic amines) is 1. The van der Waals surface area contributed by atoms with Crippen LogP contribution in [0.3, 0.4) is 0 Å². The minimum absolute atomic E-state index is 0.187. The van der Waals surface area contributed by atoms with Crippen LogP contribution in [0.2, 0.25) is 0 Å². The van der Waals surface area contributed by atoms with Crippen molar-refractivity contribution in [2.75, 3.05) is 50.5 Å². The van der Waals surface area contributed by atoms with E-state index in [9.17, 15) is 14.7 Å². The van der Waals surface area contributed by atoms with Gasteiger partial charge >= 0.3 is 6.03 Å². The van der Waals surface area contributed by atoms with E-state index in [1.54, 1.807) is 18.2 Å². The molecule has 8 heteroatoms. The predicted molar refractivity (Wildman–Crippen MR) is 101 cm³/mol. The molecule has 1 atom stereocenters. The van der Waals surface area contributed by atoms with E-state index in [1.165, 1.54) is 14.0 Å². The number of hydrogen-bond donors (Lipinski definition) is 4. The fourth-order valence-corrected chi connectivity index (χ4v) is 3.08. The van der Waals surface area contributed by atoms with Crippen molar-refractivity contribution in [1.82, 2.24) is 10.2 Å². The zero-order valence-corrected chi connectivity index (χ0v) is 15.4. The van der Waals surface area contributed by atoms with Crippen LogP contribution in [0.1, 0.15) is 19.8 Å². The smallest absolute Gasteiger partial charge is 0.319 e. The first-order valence-corrected chi connectivity index (χ1v) is 8.85. The van der Waals surface area contributed by atoms with Gasteiger partial charge in [-0.2, -0.15) is 0 Å². The first-order valence-electron chi connectivity index (χ1n) is 8.85. The molecule has 1 aromatic carbocycles. The maximum absolute atomic E-state index is 12.2. The van der Waals surface area contributed by atoms with E-state index in [2.05, 4.69) is 20.9 Å². The number of rotatable bonds is 7. The molecule has 2 rings (SSSR count). The fourth-order valence-electron chi connectivity index (χ4n) is 3.08. The number of anilines is 2. The normalized spacial score (nSPS) is 17.4. The van der Waals surface area contributed by atoms with Crippen LogP contribution in [0, 0.1) is 5.92 Å².